The lowest BCUT2D eigenvalue weighted by Gasteiger charge is -2.12. The van der Waals surface area contributed by atoms with Crippen molar-refractivity contribution < 1.29 is 4.74 Å². The molecular weight excluding hydrogens is 252 g/mol. The minimum Gasteiger partial charge on any atom is -0.493 e. The molecule has 0 fully saturated rings. The summed E-state index contributed by atoms with van der Waals surface area (Å²) in [4.78, 5) is 11.7. The van der Waals surface area contributed by atoms with Gasteiger partial charge in [-0.3, -0.25) is 4.79 Å². The van der Waals surface area contributed by atoms with Crippen LogP contribution in [0.1, 0.15) is 17.7 Å². The van der Waals surface area contributed by atoms with Crippen LogP contribution in [0.4, 0.5) is 0 Å². The topological polar surface area (TPSA) is 57.2 Å². The van der Waals surface area contributed by atoms with Gasteiger partial charge < -0.3 is 15.0 Å². The van der Waals surface area contributed by atoms with Crippen molar-refractivity contribution in [2.45, 2.75) is 26.4 Å². The van der Waals surface area contributed by atoms with Crippen LogP contribution in [0.3, 0.4) is 0 Å². The van der Waals surface area contributed by atoms with Crippen LogP contribution in [0.15, 0.2) is 47.3 Å². The average Bonchev–Trinajstić information content (AvgIpc) is 2.46. The van der Waals surface area contributed by atoms with E-state index >= 15 is 0 Å². The lowest BCUT2D eigenvalue weighted by atomic mass is 10.2. The summed E-state index contributed by atoms with van der Waals surface area (Å²) in [6.07, 6.45) is 0.781. The third kappa shape index (κ3) is 3.48. The molecule has 106 valence electrons. The molecule has 0 atom stereocenters. The van der Waals surface area contributed by atoms with Crippen LogP contribution >= 0.6 is 0 Å². The molecule has 2 N–H and O–H groups in total. The standard InChI is InChI=1S/C16H20N2O2/c1-13-6-4-9-16(19)18(13)10-5-11-20-15-8-3-2-7-14(15)12-17/h2-4,6-9H,5,10-12,17H2,1H3. The molecule has 0 aliphatic heterocycles. The zero-order valence-electron chi connectivity index (χ0n) is 11.7. The van der Waals surface area contributed by atoms with E-state index in [1.54, 1.807) is 16.7 Å². The third-order valence-electron chi connectivity index (χ3n) is 3.24. The molecule has 4 heteroatoms. The first-order valence-electron chi connectivity index (χ1n) is 6.79. The maximum absolute atomic E-state index is 11.7. The van der Waals surface area contributed by atoms with E-state index in [0.717, 1.165) is 23.4 Å². The van der Waals surface area contributed by atoms with Crippen LogP contribution in [0.2, 0.25) is 0 Å². The summed E-state index contributed by atoms with van der Waals surface area (Å²) in [5.74, 6) is 0.826. The Labute approximate surface area is 118 Å². The number of aryl methyl sites for hydroxylation is 1. The largest absolute Gasteiger partial charge is 0.493 e. The van der Waals surface area contributed by atoms with Crippen molar-refractivity contribution in [1.82, 2.24) is 4.57 Å². The molecule has 20 heavy (non-hydrogen) atoms. The molecule has 0 bridgehead atoms. The summed E-state index contributed by atoms with van der Waals surface area (Å²) in [6, 6.07) is 13.1. The van der Waals surface area contributed by atoms with Gasteiger partial charge in [0.2, 0.25) is 0 Å². The molecule has 4 nitrogen and oxygen atoms in total. The molecule has 0 radical (unpaired) electrons. The van der Waals surface area contributed by atoms with E-state index in [1.807, 2.05) is 37.3 Å². The van der Waals surface area contributed by atoms with E-state index in [2.05, 4.69) is 0 Å². The van der Waals surface area contributed by atoms with Crippen molar-refractivity contribution in [2.24, 2.45) is 5.73 Å². The maximum atomic E-state index is 11.7. The quantitative estimate of drug-likeness (QED) is 0.819. The van der Waals surface area contributed by atoms with Gasteiger partial charge in [0.05, 0.1) is 6.61 Å². The fourth-order valence-electron chi connectivity index (χ4n) is 2.13. The Bertz CT molecular complexity index is 620. The molecule has 0 amide bonds. The number of nitrogens with zero attached hydrogens (tertiary/aromatic N) is 1. The molecule has 0 saturated carbocycles. The molecule has 0 unspecified atom stereocenters. The fraction of sp³-hybridized carbons (Fsp3) is 0.312. The minimum absolute atomic E-state index is 0.0346. The van der Waals surface area contributed by atoms with E-state index < -0.39 is 0 Å². The molecule has 0 saturated heterocycles. The highest BCUT2D eigenvalue weighted by atomic mass is 16.5. The van der Waals surface area contributed by atoms with E-state index in [-0.39, 0.29) is 5.56 Å². The molecule has 2 rings (SSSR count). The predicted octanol–water partition coefficient (Wildman–Crippen LogP) is 2.08. The first kappa shape index (κ1) is 14.3. The Morgan fingerprint density at radius 3 is 2.70 bits per heavy atom. The monoisotopic (exact) mass is 272 g/mol. The number of para-hydroxylation sites is 1. The minimum atomic E-state index is 0.0346. The van der Waals surface area contributed by atoms with Crippen LogP contribution in [-0.4, -0.2) is 11.2 Å². The van der Waals surface area contributed by atoms with Gasteiger partial charge in [-0.05, 0) is 25.5 Å². The smallest absolute Gasteiger partial charge is 0.250 e. The number of benzene rings is 1. The second-order valence-electron chi connectivity index (χ2n) is 4.67. The summed E-state index contributed by atoms with van der Waals surface area (Å²) >= 11 is 0. The number of hydrogen-bond donors (Lipinski definition) is 1. The molecule has 0 aliphatic rings. The van der Waals surface area contributed by atoms with Crippen molar-refractivity contribution in [3.63, 3.8) is 0 Å². The van der Waals surface area contributed by atoms with Crippen molar-refractivity contribution in [3.8, 4) is 5.75 Å². The van der Waals surface area contributed by atoms with Gasteiger partial charge in [0.1, 0.15) is 5.75 Å². The number of rotatable bonds is 6. The predicted molar refractivity (Wildman–Crippen MR) is 79.9 cm³/mol. The van der Waals surface area contributed by atoms with Crippen LogP contribution in [0.5, 0.6) is 5.75 Å². The SMILES string of the molecule is Cc1cccc(=O)n1CCCOc1ccccc1CN. The molecule has 1 aromatic heterocycles. The molecular formula is C16H20N2O2. The number of ether oxygens (including phenoxy) is 1. The summed E-state index contributed by atoms with van der Waals surface area (Å²) in [6.45, 7) is 3.63. The first-order chi connectivity index (χ1) is 9.72. The van der Waals surface area contributed by atoms with Gasteiger partial charge >= 0.3 is 0 Å². The van der Waals surface area contributed by atoms with Gasteiger partial charge in [-0.15, -0.1) is 0 Å². The van der Waals surface area contributed by atoms with E-state index in [4.69, 9.17) is 10.5 Å². The molecule has 0 spiro atoms. The average molecular weight is 272 g/mol. The normalized spacial score (nSPS) is 10.5. The summed E-state index contributed by atoms with van der Waals surface area (Å²) in [5.41, 5.74) is 7.67. The van der Waals surface area contributed by atoms with Crippen LogP contribution in [0, 0.1) is 6.92 Å². The van der Waals surface area contributed by atoms with Crippen LogP contribution in [-0.2, 0) is 13.1 Å². The fourth-order valence-corrected chi connectivity index (χ4v) is 2.13. The first-order valence-corrected chi connectivity index (χ1v) is 6.79. The number of aromatic nitrogens is 1. The Kier molecular flexibility index (Phi) is 4.96. The second kappa shape index (κ2) is 6.91. The van der Waals surface area contributed by atoms with E-state index in [9.17, 15) is 4.79 Å². The van der Waals surface area contributed by atoms with Gasteiger partial charge in [-0.25, -0.2) is 0 Å². The van der Waals surface area contributed by atoms with Crippen molar-refractivity contribution in [2.75, 3.05) is 6.61 Å². The van der Waals surface area contributed by atoms with Crippen LogP contribution in [0.25, 0.3) is 0 Å². The highest BCUT2D eigenvalue weighted by molar-refractivity contribution is 5.32. The maximum Gasteiger partial charge on any atom is 0.250 e. The summed E-state index contributed by atoms with van der Waals surface area (Å²) in [7, 11) is 0. The zero-order valence-corrected chi connectivity index (χ0v) is 11.7. The Morgan fingerprint density at radius 2 is 1.95 bits per heavy atom. The van der Waals surface area contributed by atoms with Crippen LogP contribution < -0.4 is 16.0 Å². The van der Waals surface area contributed by atoms with E-state index in [1.165, 1.54) is 0 Å². The molecule has 1 heterocycles. The molecule has 1 aromatic carbocycles. The lowest BCUT2D eigenvalue weighted by molar-refractivity contribution is 0.297. The molecule has 0 aliphatic carbocycles. The number of nitrogens with two attached hydrogens (primary N) is 1. The Morgan fingerprint density at radius 1 is 1.15 bits per heavy atom. The Balaban J connectivity index is 1.89. The van der Waals surface area contributed by atoms with Crippen molar-refractivity contribution >= 4 is 0 Å². The van der Waals surface area contributed by atoms with Crippen molar-refractivity contribution in [1.29, 1.82) is 0 Å². The van der Waals surface area contributed by atoms with Gasteiger partial charge in [-0.1, -0.05) is 24.3 Å². The number of hydrogen-bond acceptors (Lipinski definition) is 3. The highest BCUT2D eigenvalue weighted by Gasteiger charge is 2.02. The number of pyridine rings is 1. The molecule has 2 aromatic rings. The third-order valence-corrected chi connectivity index (χ3v) is 3.24. The zero-order chi connectivity index (χ0) is 14.4. The highest BCUT2D eigenvalue weighted by Crippen LogP contribution is 2.17. The Hall–Kier alpha value is -2.07. The summed E-state index contributed by atoms with van der Waals surface area (Å²) < 4.78 is 7.50. The van der Waals surface area contributed by atoms with Gasteiger partial charge in [-0.2, -0.15) is 0 Å². The van der Waals surface area contributed by atoms with E-state index in [0.29, 0.717) is 19.7 Å². The lowest BCUT2D eigenvalue weighted by Crippen LogP contribution is -2.22. The van der Waals surface area contributed by atoms with Gasteiger partial charge in [0, 0.05) is 30.4 Å². The van der Waals surface area contributed by atoms with Crippen molar-refractivity contribution in [3.05, 3.63) is 64.1 Å². The van der Waals surface area contributed by atoms with Gasteiger partial charge in [0.15, 0.2) is 0 Å². The summed E-state index contributed by atoms with van der Waals surface area (Å²) in [5, 5.41) is 0. The van der Waals surface area contributed by atoms with Gasteiger partial charge in [0.25, 0.3) is 5.56 Å². The second-order valence-corrected chi connectivity index (χ2v) is 4.67.